The van der Waals surface area contributed by atoms with Gasteiger partial charge in [-0.2, -0.15) is 0 Å². The van der Waals surface area contributed by atoms with Gasteiger partial charge in [0.15, 0.2) is 9.84 Å². The summed E-state index contributed by atoms with van der Waals surface area (Å²) >= 11 is 13.1. The van der Waals surface area contributed by atoms with Gasteiger partial charge in [0.05, 0.1) is 4.90 Å². The Balaban J connectivity index is 1.74. The van der Waals surface area contributed by atoms with Gasteiger partial charge in [0.1, 0.15) is 10.8 Å². The SMILES string of the molecule is O=C(Nc1ccc(S(=O)(=O)Cc2nccs2)cc1)c1cc(Cl)cc(Cl)c1. The van der Waals surface area contributed by atoms with E-state index in [1.165, 1.54) is 53.8 Å². The molecule has 2 aromatic carbocycles. The van der Waals surface area contributed by atoms with Gasteiger partial charge in [0, 0.05) is 32.9 Å². The van der Waals surface area contributed by atoms with E-state index in [2.05, 4.69) is 10.3 Å². The molecule has 9 heteroatoms. The molecule has 0 aliphatic rings. The van der Waals surface area contributed by atoms with Crippen molar-refractivity contribution < 1.29 is 13.2 Å². The number of rotatable bonds is 5. The topological polar surface area (TPSA) is 76.1 Å². The van der Waals surface area contributed by atoms with Crippen molar-refractivity contribution in [1.82, 2.24) is 4.98 Å². The fraction of sp³-hybridized carbons (Fsp3) is 0.0588. The minimum atomic E-state index is -3.49. The molecule has 0 saturated carbocycles. The molecule has 5 nitrogen and oxygen atoms in total. The molecule has 0 bridgehead atoms. The van der Waals surface area contributed by atoms with Crippen molar-refractivity contribution in [2.45, 2.75) is 10.6 Å². The summed E-state index contributed by atoms with van der Waals surface area (Å²) in [6.45, 7) is 0. The molecule has 0 radical (unpaired) electrons. The summed E-state index contributed by atoms with van der Waals surface area (Å²) in [4.78, 5) is 16.4. The van der Waals surface area contributed by atoms with Gasteiger partial charge in [-0.15, -0.1) is 11.3 Å². The van der Waals surface area contributed by atoms with Crippen LogP contribution in [0, 0.1) is 0 Å². The van der Waals surface area contributed by atoms with Crippen LogP contribution in [0.2, 0.25) is 10.0 Å². The first kappa shape index (κ1) is 18.8. The van der Waals surface area contributed by atoms with Crippen LogP contribution in [0.4, 0.5) is 5.69 Å². The van der Waals surface area contributed by atoms with Gasteiger partial charge >= 0.3 is 0 Å². The molecule has 26 heavy (non-hydrogen) atoms. The van der Waals surface area contributed by atoms with Gasteiger partial charge in [0.25, 0.3) is 5.91 Å². The summed E-state index contributed by atoms with van der Waals surface area (Å²) in [5.41, 5.74) is 0.766. The molecular formula is C17H12Cl2N2O3S2. The Kier molecular flexibility index (Phi) is 5.62. The Hall–Kier alpha value is -1.93. The molecule has 0 atom stereocenters. The molecule has 1 aromatic heterocycles. The third-order valence-corrected chi connectivity index (χ3v) is 6.44. The molecule has 0 unspecified atom stereocenters. The maximum absolute atomic E-state index is 12.4. The number of hydrogen-bond donors (Lipinski definition) is 1. The monoisotopic (exact) mass is 426 g/mol. The molecule has 1 heterocycles. The summed E-state index contributed by atoms with van der Waals surface area (Å²) in [7, 11) is -3.49. The predicted octanol–water partition coefficient (Wildman–Crippen LogP) is 4.68. The number of hydrogen-bond acceptors (Lipinski definition) is 5. The summed E-state index contributed by atoms with van der Waals surface area (Å²) in [6, 6.07) is 10.5. The Morgan fingerprint density at radius 3 is 2.31 bits per heavy atom. The maximum atomic E-state index is 12.4. The van der Waals surface area contributed by atoms with Crippen molar-refractivity contribution in [3.8, 4) is 0 Å². The highest BCUT2D eigenvalue weighted by Gasteiger charge is 2.17. The number of aromatic nitrogens is 1. The standard InChI is InChI=1S/C17H12Cl2N2O3S2/c18-12-7-11(8-13(19)9-12)17(22)21-14-1-3-15(4-2-14)26(23,24)10-16-20-5-6-25-16/h1-9H,10H2,(H,21,22). The normalized spacial score (nSPS) is 11.3. The molecule has 0 spiro atoms. The lowest BCUT2D eigenvalue weighted by Gasteiger charge is -2.08. The number of halogens is 2. The highest BCUT2D eigenvalue weighted by molar-refractivity contribution is 7.90. The van der Waals surface area contributed by atoms with Gasteiger partial charge in [-0.1, -0.05) is 23.2 Å². The first-order valence-electron chi connectivity index (χ1n) is 7.32. The van der Waals surface area contributed by atoms with E-state index in [0.29, 0.717) is 26.3 Å². The zero-order valence-corrected chi connectivity index (χ0v) is 16.3. The van der Waals surface area contributed by atoms with E-state index >= 15 is 0 Å². The third-order valence-electron chi connectivity index (χ3n) is 3.39. The van der Waals surface area contributed by atoms with E-state index in [1.807, 2.05) is 0 Å². The van der Waals surface area contributed by atoms with E-state index in [0.717, 1.165) is 0 Å². The second kappa shape index (κ2) is 7.75. The molecule has 0 aliphatic heterocycles. The predicted molar refractivity (Wildman–Crippen MR) is 104 cm³/mol. The van der Waals surface area contributed by atoms with Crippen molar-refractivity contribution >= 4 is 56.0 Å². The van der Waals surface area contributed by atoms with Crippen LogP contribution in [0.1, 0.15) is 15.4 Å². The maximum Gasteiger partial charge on any atom is 0.255 e. The van der Waals surface area contributed by atoms with Gasteiger partial charge in [-0.05, 0) is 42.5 Å². The van der Waals surface area contributed by atoms with Crippen LogP contribution in [-0.2, 0) is 15.6 Å². The third kappa shape index (κ3) is 4.62. The Morgan fingerprint density at radius 1 is 1.08 bits per heavy atom. The number of carbonyl (C=O) groups is 1. The number of carbonyl (C=O) groups excluding carboxylic acids is 1. The highest BCUT2D eigenvalue weighted by atomic mass is 35.5. The molecule has 1 amide bonds. The number of thiazole rings is 1. The molecular weight excluding hydrogens is 415 g/mol. The summed E-state index contributed by atoms with van der Waals surface area (Å²) < 4.78 is 24.8. The van der Waals surface area contributed by atoms with Crippen molar-refractivity contribution in [1.29, 1.82) is 0 Å². The first-order chi connectivity index (χ1) is 12.3. The van der Waals surface area contributed by atoms with Crippen LogP contribution < -0.4 is 5.32 Å². The van der Waals surface area contributed by atoms with Crippen LogP contribution in [0.15, 0.2) is 58.9 Å². The van der Waals surface area contributed by atoms with Crippen LogP contribution in [-0.4, -0.2) is 19.3 Å². The number of nitrogens with one attached hydrogen (secondary N) is 1. The van der Waals surface area contributed by atoms with Gasteiger partial charge in [0.2, 0.25) is 0 Å². The Bertz CT molecular complexity index is 1010. The minimum Gasteiger partial charge on any atom is -0.322 e. The minimum absolute atomic E-state index is 0.155. The van der Waals surface area contributed by atoms with E-state index in [4.69, 9.17) is 23.2 Å². The average Bonchev–Trinajstić information content (AvgIpc) is 3.06. The lowest BCUT2D eigenvalue weighted by Crippen LogP contribution is -2.12. The molecule has 3 aromatic rings. The summed E-state index contributed by atoms with van der Waals surface area (Å²) in [5.74, 6) is -0.551. The van der Waals surface area contributed by atoms with Crippen molar-refractivity contribution in [2.24, 2.45) is 0 Å². The fourth-order valence-corrected chi connectivity index (χ4v) is 4.99. The van der Waals surface area contributed by atoms with E-state index in [1.54, 1.807) is 11.6 Å². The second-order valence-electron chi connectivity index (χ2n) is 5.32. The average molecular weight is 427 g/mol. The van der Waals surface area contributed by atoms with Gasteiger partial charge in [-0.25, -0.2) is 13.4 Å². The summed E-state index contributed by atoms with van der Waals surface area (Å²) in [6.07, 6.45) is 1.57. The molecule has 0 fully saturated rings. The van der Waals surface area contributed by atoms with Crippen LogP contribution in [0.3, 0.4) is 0 Å². The van der Waals surface area contributed by atoms with Crippen molar-refractivity contribution in [2.75, 3.05) is 5.32 Å². The first-order valence-corrected chi connectivity index (χ1v) is 10.6. The lowest BCUT2D eigenvalue weighted by atomic mass is 10.2. The van der Waals surface area contributed by atoms with E-state index in [9.17, 15) is 13.2 Å². The molecule has 0 saturated heterocycles. The molecule has 1 N–H and O–H groups in total. The highest BCUT2D eigenvalue weighted by Crippen LogP contribution is 2.22. The van der Waals surface area contributed by atoms with Crippen molar-refractivity contribution in [3.05, 3.63) is 74.7 Å². The van der Waals surface area contributed by atoms with Gasteiger partial charge < -0.3 is 5.32 Å². The zero-order chi connectivity index (χ0) is 18.7. The fourth-order valence-electron chi connectivity index (χ4n) is 2.20. The second-order valence-corrected chi connectivity index (χ2v) is 9.16. The quantitative estimate of drug-likeness (QED) is 0.642. The van der Waals surface area contributed by atoms with Gasteiger partial charge in [-0.3, -0.25) is 4.79 Å². The number of sulfone groups is 1. The van der Waals surface area contributed by atoms with Crippen LogP contribution in [0.5, 0.6) is 0 Å². The summed E-state index contributed by atoms with van der Waals surface area (Å²) in [5, 5.41) is 5.64. The number of benzene rings is 2. The van der Waals surface area contributed by atoms with Crippen LogP contribution in [0.25, 0.3) is 0 Å². The smallest absolute Gasteiger partial charge is 0.255 e. The molecule has 3 rings (SSSR count). The number of nitrogens with zero attached hydrogens (tertiary/aromatic N) is 1. The van der Waals surface area contributed by atoms with Crippen LogP contribution >= 0.6 is 34.5 Å². The molecule has 134 valence electrons. The number of amides is 1. The number of anilines is 1. The van der Waals surface area contributed by atoms with E-state index < -0.39 is 15.7 Å². The Labute approximate surface area is 164 Å². The van der Waals surface area contributed by atoms with Crippen molar-refractivity contribution in [3.63, 3.8) is 0 Å². The van der Waals surface area contributed by atoms with E-state index in [-0.39, 0.29) is 10.6 Å². The Morgan fingerprint density at radius 2 is 1.73 bits per heavy atom. The molecule has 0 aliphatic carbocycles. The zero-order valence-electron chi connectivity index (χ0n) is 13.1. The lowest BCUT2D eigenvalue weighted by molar-refractivity contribution is 0.102. The largest absolute Gasteiger partial charge is 0.322 e.